The number of aromatic hydroxyl groups is 1. The minimum Gasteiger partial charge on any atom is -0.507 e. The molecule has 0 amide bonds. The van der Waals surface area contributed by atoms with Gasteiger partial charge in [-0.05, 0) is 12.1 Å². The summed E-state index contributed by atoms with van der Waals surface area (Å²) in [6.45, 7) is 0. The van der Waals surface area contributed by atoms with Crippen molar-refractivity contribution in [2.45, 2.75) is 0 Å². The van der Waals surface area contributed by atoms with Gasteiger partial charge in [0.1, 0.15) is 5.75 Å². The molecule has 0 aliphatic rings. The highest BCUT2D eigenvalue weighted by Gasteiger charge is 2.10. The summed E-state index contributed by atoms with van der Waals surface area (Å²) >= 11 is 0. The predicted octanol–water partition coefficient (Wildman–Crippen LogP) is 1.25. The SMILES string of the molecule is O=Cc1nc(-c2ccccc2O)no1. The molecular formula is C9H6N2O3. The Morgan fingerprint density at radius 2 is 2.14 bits per heavy atom. The number of carbonyl (C=O) groups excluding carboxylic acids is 1. The fourth-order valence-corrected chi connectivity index (χ4v) is 1.06. The molecule has 0 unspecified atom stereocenters. The first kappa shape index (κ1) is 8.43. The summed E-state index contributed by atoms with van der Waals surface area (Å²) in [7, 11) is 0. The first-order valence-corrected chi connectivity index (χ1v) is 3.88. The van der Waals surface area contributed by atoms with Crippen LogP contribution in [0, 0.1) is 0 Å². The summed E-state index contributed by atoms with van der Waals surface area (Å²) in [5.74, 6) is 0.138. The number of nitrogens with zero attached hydrogens (tertiary/aromatic N) is 2. The number of aromatic nitrogens is 2. The van der Waals surface area contributed by atoms with Crippen LogP contribution in [0.2, 0.25) is 0 Å². The van der Waals surface area contributed by atoms with Crippen molar-refractivity contribution in [2.75, 3.05) is 0 Å². The normalized spacial score (nSPS) is 10.0. The zero-order chi connectivity index (χ0) is 9.97. The van der Waals surface area contributed by atoms with Crippen molar-refractivity contribution in [3.8, 4) is 17.1 Å². The second-order valence-electron chi connectivity index (χ2n) is 2.59. The van der Waals surface area contributed by atoms with Crippen LogP contribution in [0.25, 0.3) is 11.4 Å². The second kappa shape index (κ2) is 3.29. The molecule has 2 rings (SSSR count). The zero-order valence-electron chi connectivity index (χ0n) is 7.04. The van der Waals surface area contributed by atoms with E-state index >= 15 is 0 Å². The van der Waals surface area contributed by atoms with Crippen molar-refractivity contribution in [1.29, 1.82) is 0 Å². The molecule has 1 aromatic carbocycles. The topological polar surface area (TPSA) is 76.2 Å². The molecule has 1 aromatic heterocycles. The van der Waals surface area contributed by atoms with Gasteiger partial charge >= 0.3 is 0 Å². The molecule has 2 aromatic rings. The molecule has 1 heterocycles. The van der Waals surface area contributed by atoms with Gasteiger partial charge in [-0.25, -0.2) is 0 Å². The lowest BCUT2D eigenvalue weighted by molar-refractivity contribution is 0.108. The van der Waals surface area contributed by atoms with Crippen molar-refractivity contribution in [3.05, 3.63) is 30.2 Å². The van der Waals surface area contributed by atoms with Crippen LogP contribution in [0.1, 0.15) is 10.7 Å². The highest BCUT2D eigenvalue weighted by atomic mass is 16.5. The van der Waals surface area contributed by atoms with E-state index in [1.165, 1.54) is 6.07 Å². The molecule has 5 heteroatoms. The molecule has 0 radical (unpaired) electrons. The van der Waals surface area contributed by atoms with Gasteiger partial charge in [-0.15, -0.1) is 0 Å². The van der Waals surface area contributed by atoms with Gasteiger partial charge in [0.25, 0.3) is 5.89 Å². The number of phenolic OH excluding ortho intramolecular Hbond substituents is 1. The lowest BCUT2D eigenvalue weighted by Gasteiger charge is -1.96. The van der Waals surface area contributed by atoms with Crippen molar-refractivity contribution >= 4 is 6.29 Å². The molecule has 1 N–H and O–H groups in total. The summed E-state index contributed by atoms with van der Waals surface area (Å²) in [5.41, 5.74) is 0.435. The molecule has 0 saturated carbocycles. The van der Waals surface area contributed by atoms with Crippen LogP contribution in [0.3, 0.4) is 0 Å². The maximum atomic E-state index is 10.3. The summed E-state index contributed by atoms with van der Waals surface area (Å²) in [6.07, 6.45) is 0.455. The summed E-state index contributed by atoms with van der Waals surface area (Å²) < 4.78 is 4.58. The van der Waals surface area contributed by atoms with E-state index in [9.17, 15) is 9.90 Å². The van der Waals surface area contributed by atoms with Gasteiger partial charge < -0.3 is 9.63 Å². The van der Waals surface area contributed by atoms with Crippen molar-refractivity contribution in [1.82, 2.24) is 10.1 Å². The van der Waals surface area contributed by atoms with Gasteiger partial charge in [-0.1, -0.05) is 17.3 Å². The quantitative estimate of drug-likeness (QED) is 0.721. The Bertz CT molecular complexity index is 465. The van der Waals surface area contributed by atoms with Crippen molar-refractivity contribution in [3.63, 3.8) is 0 Å². The molecule has 5 nitrogen and oxygen atoms in total. The standard InChI is InChI=1S/C9H6N2O3/c12-5-8-10-9(11-14-8)6-3-1-2-4-7(6)13/h1-5,13H. The third-order valence-corrected chi connectivity index (χ3v) is 1.69. The monoisotopic (exact) mass is 190 g/mol. The number of hydrogen-bond donors (Lipinski definition) is 1. The highest BCUT2D eigenvalue weighted by Crippen LogP contribution is 2.25. The van der Waals surface area contributed by atoms with Crippen LogP contribution in [-0.4, -0.2) is 21.5 Å². The lowest BCUT2D eigenvalue weighted by Crippen LogP contribution is -1.82. The van der Waals surface area contributed by atoms with Crippen LogP contribution in [0.4, 0.5) is 0 Å². The van der Waals surface area contributed by atoms with Crippen LogP contribution < -0.4 is 0 Å². The molecule has 0 atom stereocenters. The Hall–Kier alpha value is -2.17. The fraction of sp³-hybridized carbons (Fsp3) is 0. The summed E-state index contributed by atoms with van der Waals surface area (Å²) in [4.78, 5) is 14.0. The molecule has 0 spiro atoms. The first-order chi connectivity index (χ1) is 6.81. The second-order valence-corrected chi connectivity index (χ2v) is 2.59. The third-order valence-electron chi connectivity index (χ3n) is 1.69. The molecular weight excluding hydrogens is 184 g/mol. The van der Waals surface area contributed by atoms with Gasteiger partial charge in [0.15, 0.2) is 0 Å². The van der Waals surface area contributed by atoms with Gasteiger partial charge in [0.05, 0.1) is 5.56 Å². The Morgan fingerprint density at radius 1 is 1.36 bits per heavy atom. The van der Waals surface area contributed by atoms with Crippen LogP contribution in [-0.2, 0) is 0 Å². The van der Waals surface area contributed by atoms with Gasteiger partial charge in [0, 0.05) is 0 Å². The molecule has 0 aliphatic carbocycles. The van der Waals surface area contributed by atoms with Crippen molar-refractivity contribution < 1.29 is 14.4 Å². The molecule has 0 saturated heterocycles. The number of para-hydroxylation sites is 1. The zero-order valence-corrected chi connectivity index (χ0v) is 7.04. The number of carbonyl (C=O) groups is 1. The number of rotatable bonds is 2. The van der Waals surface area contributed by atoms with Crippen LogP contribution in [0.5, 0.6) is 5.75 Å². The number of benzene rings is 1. The van der Waals surface area contributed by atoms with Crippen molar-refractivity contribution in [2.24, 2.45) is 0 Å². The van der Waals surface area contributed by atoms with Gasteiger partial charge in [-0.2, -0.15) is 4.98 Å². The first-order valence-electron chi connectivity index (χ1n) is 3.88. The van der Waals surface area contributed by atoms with E-state index < -0.39 is 0 Å². The van der Waals surface area contributed by atoms with E-state index in [1.807, 2.05) is 0 Å². The Kier molecular flexibility index (Phi) is 1.98. The van der Waals surface area contributed by atoms with E-state index in [0.29, 0.717) is 11.8 Å². The minimum absolute atomic E-state index is 0.0470. The maximum Gasteiger partial charge on any atom is 0.291 e. The van der Waals surface area contributed by atoms with E-state index in [4.69, 9.17) is 0 Å². The molecule has 14 heavy (non-hydrogen) atoms. The van der Waals surface area contributed by atoms with Gasteiger partial charge in [-0.3, -0.25) is 4.79 Å². The molecule has 70 valence electrons. The van der Waals surface area contributed by atoms with E-state index in [-0.39, 0.29) is 17.5 Å². The predicted molar refractivity (Wildman–Crippen MR) is 46.8 cm³/mol. The van der Waals surface area contributed by atoms with E-state index in [2.05, 4.69) is 14.7 Å². The average molecular weight is 190 g/mol. The summed E-state index contributed by atoms with van der Waals surface area (Å²) in [6, 6.07) is 6.55. The number of phenols is 1. The minimum atomic E-state index is -0.108. The van der Waals surface area contributed by atoms with E-state index in [0.717, 1.165) is 0 Å². The largest absolute Gasteiger partial charge is 0.507 e. The van der Waals surface area contributed by atoms with Crippen LogP contribution >= 0.6 is 0 Å². The van der Waals surface area contributed by atoms with Gasteiger partial charge in [0.2, 0.25) is 12.1 Å². The highest BCUT2D eigenvalue weighted by molar-refractivity contribution is 5.70. The third kappa shape index (κ3) is 1.35. The number of hydrogen-bond acceptors (Lipinski definition) is 5. The molecule has 0 bridgehead atoms. The lowest BCUT2D eigenvalue weighted by atomic mass is 10.2. The smallest absolute Gasteiger partial charge is 0.291 e. The molecule has 0 aliphatic heterocycles. The summed E-state index contributed by atoms with van der Waals surface area (Å²) in [5, 5.41) is 13.0. The number of aldehydes is 1. The maximum absolute atomic E-state index is 10.3. The Morgan fingerprint density at radius 3 is 2.79 bits per heavy atom. The Balaban J connectivity index is 2.49. The van der Waals surface area contributed by atoms with Crippen LogP contribution in [0.15, 0.2) is 28.8 Å². The molecule has 0 fully saturated rings. The van der Waals surface area contributed by atoms with E-state index in [1.54, 1.807) is 18.2 Å². The Labute approximate surface area is 79.0 Å². The average Bonchev–Trinajstić information content (AvgIpc) is 2.67. The fourth-order valence-electron chi connectivity index (χ4n) is 1.06.